The lowest BCUT2D eigenvalue weighted by Gasteiger charge is -2.08. The van der Waals surface area contributed by atoms with Gasteiger partial charge in [-0.25, -0.2) is 0 Å². The van der Waals surface area contributed by atoms with Crippen LogP contribution in [0.5, 0.6) is 0 Å². The van der Waals surface area contributed by atoms with Crippen LogP contribution in [0.1, 0.15) is 26.4 Å². The fraction of sp³-hybridized carbons (Fsp3) is 0.200. The minimum absolute atomic E-state index is 0.215. The summed E-state index contributed by atoms with van der Waals surface area (Å²) in [4.78, 5) is 13.4. The predicted octanol–water partition coefficient (Wildman–Crippen LogP) is 3.53. The molecule has 0 unspecified atom stereocenters. The molecule has 2 N–H and O–H groups in total. The molecule has 1 aromatic carbocycles. The van der Waals surface area contributed by atoms with E-state index in [-0.39, 0.29) is 5.91 Å². The Bertz CT molecular complexity index is 698. The molecule has 0 atom stereocenters. The summed E-state index contributed by atoms with van der Waals surface area (Å²) < 4.78 is 0. The van der Waals surface area contributed by atoms with Crippen molar-refractivity contribution in [3.63, 3.8) is 0 Å². The van der Waals surface area contributed by atoms with E-state index in [1.807, 2.05) is 32.0 Å². The molecule has 1 heterocycles. The van der Waals surface area contributed by atoms with Crippen molar-refractivity contribution in [1.29, 1.82) is 5.26 Å². The van der Waals surface area contributed by atoms with E-state index in [1.54, 1.807) is 13.1 Å². The molecule has 1 amide bonds. The maximum atomic E-state index is 12.3. The van der Waals surface area contributed by atoms with Gasteiger partial charge in [-0.2, -0.15) is 5.26 Å². The first-order chi connectivity index (χ1) is 9.58. The molecule has 0 fully saturated rings. The third kappa shape index (κ3) is 2.51. The molecule has 102 valence electrons. The van der Waals surface area contributed by atoms with Crippen LogP contribution in [0.3, 0.4) is 0 Å². The number of benzene rings is 1. The summed E-state index contributed by atoms with van der Waals surface area (Å²) >= 11 is 1.43. The lowest BCUT2D eigenvalue weighted by atomic mass is 10.1. The number of thiophene rings is 1. The molecule has 0 aliphatic carbocycles. The second-order valence-electron chi connectivity index (χ2n) is 4.35. The number of rotatable bonds is 3. The number of hydrogen-bond acceptors (Lipinski definition) is 4. The second kappa shape index (κ2) is 5.76. The van der Waals surface area contributed by atoms with Crippen LogP contribution in [-0.2, 0) is 0 Å². The molecule has 20 heavy (non-hydrogen) atoms. The summed E-state index contributed by atoms with van der Waals surface area (Å²) in [6.45, 7) is 3.83. The Kier molecular flexibility index (Phi) is 4.06. The molecular weight excluding hydrogens is 270 g/mol. The van der Waals surface area contributed by atoms with Crippen LogP contribution in [0.2, 0.25) is 0 Å². The maximum absolute atomic E-state index is 12.3. The van der Waals surface area contributed by atoms with Crippen molar-refractivity contribution in [2.24, 2.45) is 0 Å². The van der Waals surface area contributed by atoms with E-state index < -0.39 is 0 Å². The number of amides is 1. The minimum Gasteiger partial charge on any atom is -0.387 e. The van der Waals surface area contributed by atoms with Crippen molar-refractivity contribution in [2.45, 2.75) is 13.8 Å². The Morgan fingerprint density at radius 2 is 2.00 bits per heavy atom. The highest BCUT2D eigenvalue weighted by molar-refractivity contribution is 7.16. The smallest absolute Gasteiger partial charge is 0.258 e. The van der Waals surface area contributed by atoms with Crippen LogP contribution >= 0.6 is 11.3 Å². The van der Waals surface area contributed by atoms with Crippen molar-refractivity contribution in [3.8, 4) is 6.07 Å². The summed E-state index contributed by atoms with van der Waals surface area (Å²) in [6, 6.07) is 9.41. The van der Waals surface area contributed by atoms with Crippen LogP contribution in [0.15, 0.2) is 24.3 Å². The number of hydrogen-bond donors (Lipinski definition) is 2. The molecule has 0 saturated carbocycles. The maximum Gasteiger partial charge on any atom is 0.258 e. The quantitative estimate of drug-likeness (QED) is 0.906. The van der Waals surface area contributed by atoms with Gasteiger partial charge in [-0.3, -0.25) is 4.79 Å². The molecular formula is C15H15N3OS. The van der Waals surface area contributed by atoms with Gasteiger partial charge in [0.2, 0.25) is 0 Å². The van der Waals surface area contributed by atoms with E-state index in [1.165, 1.54) is 11.3 Å². The highest BCUT2D eigenvalue weighted by Crippen LogP contribution is 2.32. The van der Waals surface area contributed by atoms with Gasteiger partial charge >= 0.3 is 0 Å². The highest BCUT2D eigenvalue weighted by atomic mass is 32.1. The third-order valence-electron chi connectivity index (χ3n) is 3.17. The first-order valence-electron chi connectivity index (χ1n) is 6.16. The lowest BCUT2D eigenvalue weighted by Crippen LogP contribution is -2.13. The summed E-state index contributed by atoms with van der Waals surface area (Å²) in [6.07, 6.45) is 0. The zero-order valence-electron chi connectivity index (χ0n) is 11.6. The van der Waals surface area contributed by atoms with Crippen molar-refractivity contribution in [2.75, 3.05) is 17.7 Å². The molecule has 0 saturated heterocycles. The number of aryl methyl sites for hydroxylation is 1. The van der Waals surface area contributed by atoms with Gasteiger partial charge < -0.3 is 10.6 Å². The van der Waals surface area contributed by atoms with Crippen molar-refractivity contribution >= 4 is 27.9 Å². The zero-order valence-corrected chi connectivity index (χ0v) is 12.4. The van der Waals surface area contributed by atoms with E-state index in [0.29, 0.717) is 16.1 Å². The van der Waals surface area contributed by atoms with E-state index >= 15 is 0 Å². The third-order valence-corrected chi connectivity index (χ3v) is 4.29. The number of nitriles is 1. The Balaban J connectivity index is 2.33. The summed E-state index contributed by atoms with van der Waals surface area (Å²) in [5.41, 5.74) is 2.79. The van der Waals surface area contributed by atoms with Crippen LogP contribution in [0.4, 0.5) is 10.7 Å². The van der Waals surface area contributed by atoms with Gasteiger partial charge in [0, 0.05) is 17.6 Å². The Hall–Kier alpha value is -2.32. The number of para-hydroxylation sites is 1. The monoisotopic (exact) mass is 285 g/mol. The molecule has 0 aliphatic heterocycles. The van der Waals surface area contributed by atoms with E-state index in [4.69, 9.17) is 0 Å². The molecule has 2 aromatic rings. The minimum atomic E-state index is -0.215. The molecule has 0 spiro atoms. The molecule has 2 rings (SSSR count). The first kappa shape index (κ1) is 14.1. The van der Waals surface area contributed by atoms with Gasteiger partial charge in [0.15, 0.2) is 0 Å². The van der Waals surface area contributed by atoms with E-state index in [9.17, 15) is 10.1 Å². The van der Waals surface area contributed by atoms with Gasteiger partial charge in [0.05, 0.1) is 11.1 Å². The molecule has 5 heteroatoms. The topological polar surface area (TPSA) is 64.9 Å². The number of anilines is 2. The summed E-state index contributed by atoms with van der Waals surface area (Å²) in [5.74, 6) is -0.215. The van der Waals surface area contributed by atoms with Crippen LogP contribution in [0, 0.1) is 25.2 Å². The fourth-order valence-corrected chi connectivity index (χ4v) is 2.93. The standard InChI is InChI=1S/C15H15N3OS/c1-9-10(2)20-15(12(9)8-16)18-14(19)11-6-4-5-7-13(11)17-3/h4-7,17H,1-3H3,(H,18,19). The first-order valence-corrected chi connectivity index (χ1v) is 6.98. The van der Waals surface area contributed by atoms with Crippen LogP contribution in [-0.4, -0.2) is 13.0 Å². The van der Waals surface area contributed by atoms with E-state index in [0.717, 1.165) is 16.1 Å². The SMILES string of the molecule is CNc1ccccc1C(=O)Nc1sc(C)c(C)c1C#N. The fourth-order valence-electron chi connectivity index (χ4n) is 1.92. The normalized spacial score (nSPS) is 9.90. The van der Waals surface area contributed by atoms with Crippen molar-refractivity contribution in [3.05, 3.63) is 45.8 Å². The summed E-state index contributed by atoms with van der Waals surface area (Å²) in [5, 5.41) is 15.6. The number of carbonyl (C=O) groups excluding carboxylic acids is 1. The highest BCUT2D eigenvalue weighted by Gasteiger charge is 2.16. The Labute approximate surface area is 122 Å². The lowest BCUT2D eigenvalue weighted by molar-refractivity contribution is 0.102. The van der Waals surface area contributed by atoms with Gasteiger partial charge in [-0.1, -0.05) is 12.1 Å². The molecule has 1 aromatic heterocycles. The van der Waals surface area contributed by atoms with Gasteiger partial charge in [-0.05, 0) is 31.5 Å². The average molecular weight is 285 g/mol. The van der Waals surface area contributed by atoms with Crippen LogP contribution < -0.4 is 10.6 Å². The zero-order chi connectivity index (χ0) is 14.7. The average Bonchev–Trinajstić information content (AvgIpc) is 2.73. The second-order valence-corrected chi connectivity index (χ2v) is 5.57. The van der Waals surface area contributed by atoms with Crippen molar-refractivity contribution in [1.82, 2.24) is 0 Å². The number of nitrogens with zero attached hydrogens (tertiary/aromatic N) is 1. The summed E-state index contributed by atoms with van der Waals surface area (Å²) in [7, 11) is 1.77. The van der Waals surface area contributed by atoms with Crippen molar-refractivity contribution < 1.29 is 4.79 Å². The molecule has 0 radical (unpaired) electrons. The Morgan fingerprint density at radius 1 is 1.30 bits per heavy atom. The van der Waals surface area contributed by atoms with Gasteiger partial charge in [0.25, 0.3) is 5.91 Å². The Morgan fingerprint density at radius 3 is 2.65 bits per heavy atom. The number of nitrogens with one attached hydrogen (secondary N) is 2. The van der Waals surface area contributed by atoms with Crippen LogP contribution in [0.25, 0.3) is 0 Å². The predicted molar refractivity (Wildman–Crippen MR) is 82.4 cm³/mol. The van der Waals surface area contributed by atoms with Gasteiger partial charge in [0.1, 0.15) is 11.1 Å². The van der Waals surface area contributed by atoms with E-state index in [2.05, 4.69) is 16.7 Å². The molecule has 4 nitrogen and oxygen atoms in total. The molecule has 0 aliphatic rings. The molecule has 0 bridgehead atoms. The largest absolute Gasteiger partial charge is 0.387 e. The van der Waals surface area contributed by atoms with Gasteiger partial charge in [-0.15, -0.1) is 11.3 Å². The number of carbonyl (C=O) groups is 1.